The van der Waals surface area contributed by atoms with Crippen LogP contribution in [0.4, 0.5) is 5.69 Å². The zero-order valence-corrected chi connectivity index (χ0v) is 22.1. The van der Waals surface area contributed by atoms with Gasteiger partial charge >= 0.3 is 0 Å². The molecule has 2 aromatic carbocycles. The van der Waals surface area contributed by atoms with Gasteiger partial charge in [-0.05, 0) is 56.5 Å². The number of carbonyl (C=O) groups excluding carboxylic acids is 2. The number of piperazine rings is 1. The topological polar surface area (TPSA) is 64.7 Å². The predicted octanol–water partition coefficient (Wildman–Crippen LogP) is 4.67. The average molecular weight is 518 g/mol. The van der Waals surface area contributed by atoms with Crippen LogP contribution in [0.3, 0.4) is 0 Å². The van der Waals surface area contributed by atoms with Crippen LogP contribution in [0.2, 0.25) is 10.0 Å². The molecule has 0 unspecified atom stereocenters. The smallest absolute Gasteiger partial charge is 0.241 e. The molecule has 2 fully saturated rings. The van der Waals surface area contributed by atoms with Crippen molar-refractivity contribution in [1.82, 2.24) is 15.5 Å². The van der Waals surface area contributed by atoms with Crippen molar-refractivity contribution in [2.45, 2.75) is 51.2 Å². The van der Waals surface area contributed by atoms with E-state index in [1.165, 1.54) is 0 Å². The maximum atomic E-state index is 13.3. The molecule has 2 N–H and O–H groups in total. The Morgan fingerprint density at radius 3 is 2.54 bits per heavy atom. The highest BCUT2D eigenvalue weighted by Gasteiger charge is 2.44. The maximum absolute atomic E-state index is 13.3. The van der Waals surface area contributed by atoms with Gasteiger partial charge in [0.25, 0.3) is 0 Å². The Kier molecular flexibility index (Phi) is 8.06. The van der Waals surface area contributed by atoms with Gasteiger partial charge in [0.1, 0.15) is 0 Å². The monoisotopic (exact) mass is 516 g/mol. The van der Waals surface area contributed by atoms with Crippen molar-refractivity contribution in [2.24, 2.45) is 5.92 Å². The number of halogens is 2. The van der Waals surface area contributed by atoms with E-state index in [2.05, 4.69) is 36.3 Å². The normalized spacial score (nSPS) is 23.7. The minimum absolute atomic E-state index is 0.0257. The van der Waals surface area contributed by atoms with E-state index in [1.54, 1.807) is 4.90 Å². The first kappa shape index (κ1) is 26.0. The molecule has 0 bridgehead atoms. The van der Waals surface area contributed by atoms with Crippen molar-refractivity contribution in [2.75, 3.05) is 31.1 Å². The second-order valence-electron chi connectivity index (χ2n) is 10.1. The molecule has 2 saturated heterocycles. The van der Waals surface area contributed by atoms with Crippen LogP contribution in [0.25, 0.3) is 0 Å². The summed E-state index contributed by atoms with van der Waals surface area (Å²) in [6.07, 6.45) is 1.50. The minimum atomic E-state index is -0.271. The fourth-order valence-electron chi connectivity index (χ4n) is 5.29. The zero-order chi connectivity index (χ0) is 25.2. The molecule has 0 spiro atoms. The number of nitrogens with one attached hydrogen (secondary N) is 2. The van der Waals surface area contributed by atoms with E-state index in [1.807, 2.05) is 48.5 Å². The maximum Gasteiger partial charge on any atom is 0.241 e. The van der Waals surface area contributed by atoms with Crippen LogP contribution in [-0.4, -0.2) is 54.5 Å². The number of piperidine rings is 1. The molecule has 0 radical (unpaired) electrons. The average Bonchev–Trinajstić information content (AvgIpc) is 2.84. The van der Waals surface area contributed by atoms with E-state index in [9.17, 15) is 9.59 Å². The fourth-order valence-corrected chi connectivity index (χ4v) is 5.65. The van der Waals surface area contributed by atoms with Gasteiger partial charge in [0.2, 0.25) is 11.8 Å². The number of rotatable bonds is 6. The molecule has 0 aromatic heterocycles. The van der Waals surface area contributed by atoms with Crippen molar-refractivity contribution < 1.29 is 9.59 Å². The van der Waals surface area contributed by atoms with Crippen LogP contribution >= 0.6 is 23.2 Å². The summed E-state index contributed by atoms with van der Waals surface area (Å²) >= 11 is 12.4. The Balaban J connectivity index is 1.43. The van der Waals surface area contributed by atoms with Gasteiger partial charge in [0.05, 0.1) is 29.2 Å². The lowest BCUT2D eigenvalue weighted by molar-refractivity contribution is -0.129. The SMILES string of the molecule is CC[C@@H](NC(=O)[C@@H]1CNC[C@H](N2CC(=O)N(c3ccccc3Cl)CC2(C)C)C1)c1ccc(Cl)cc1. The molecular formula is C27H34Cl2N4O2. The van der Waals surface area contributed by atoms with Crippen molar-refractivity contribution >= 4 is 40.7 Å². The molecule has 0 saturated carbocycles. The van der Waals surface area contributed by atoms with E-state index in [4.69, 9.17) is 23.2 Å². The second kappa shape index (κ2) is 10.9. The predicted molar refractivity (Wildman–Crippen MR) is 142 cm³/mol. The van der Waals surface area contributed by atoms with Crippen molar-refractivity contribution in [3.63, 3.8) is 0 Å². The molecule has 2 aliphatic rings. The van der Waals surface area contributed by atoms with Crippen LogP contribution < -0.4 is 15.5 Å². The quantitative estimate of drug-likeness (QED) is 0.585. The van der Waals surface area contributed by atoms with Gasteiger partial charge in [0.15, 0.2) is 0 Å². The van der Waals surface area contributed by atoms with E-state index < -0.39 is 0 Å². The van der Waals surface area contributed by atoms with Gasteiger partial charge in [0, 0.05) is 36.2 Å². The number of hydrogen-bond donors (Lipinski definition) is 2. The third kappa shape index (κ3) is 5.83. The van der Waals surface area contributed by atoms with Crippen LogP contribution in [0, 0.1) is 5.92 Å². The van der Waals surface area contributed by atoms with E-state index in [-0.39, 0.29) is 35.4 Å². The summed E-state index contributed by atoms with van der Waals surface area (Å²) in [5.74, 6) is -0.0942. The summed E-state index contributed by atoms with van der Waals surface area (Å²) in [6.45, 7) is 8.59. The Hall–Kier alpha value is -2.12. The Morgan fingerprint density at radius 1 is 1.14 bits per heavy atom. The minimum Gasteiger partial charge on any atom is -0.349 e. The molecule has 3 atom stereocenters. The number of hydrogen-bond acceptors (Lipinski definition) is 4. The molecule has 6 nitrogen and oxygen atoms in total. The van der Waals surface area contributed by atoms with Gasteiger partial charge in [-0.1, -0.05) is 54.4 Å². The standard InChI is InChI=1S/C27H34Cl2N4O2/c1-4-23(18-9-11-20(28)12-10-18)31-26(35)19-13-21(15-30-14-19)33-16-25(34)32(17-27(33,2)3)24-8-6-5-7-22(24)29/h5-12,19,21,23,30H,4,13-17H2,1-3H3,(H,31,35)/t19-,21+,23+/m0/s1. The van der Waals surface area contributed by atoms with E-state index >= 15 is 0 Å². The first-order chi connectivity index (χ1) is 16.7. The summed E-state index contributed by atoms with van der Waals surface area (Å²) in [5, 5.41) is 7.93. The van der Waals surface area contributed by atoms with Crippen LogP contribution in [0.1, 0.15) is 45.2 Å². The number of nitrogens with zero attached hydrogens (tertiary/aromatic N) is 2. The van der Waals surface area contributed by atoms with Gasteiger partial charge in [-0.25, -0.2) is 0 Å². The summed E-state index contributed by atoms with van der Waals surface area (Å²) < 4.78 is 0. The largest absolute Gasteiger partial charge is 0.349 e. The number of anilines is 1. The van der Waals surface area contributed by atoms with Crippen LogP contribution in [0.15, 0.2) is 48.5 Å². The number of benzene rings is 2. The number of para-hydroxylation sites is 1. The highest BCUT2D eigenvalue weighted by atomic mass is 35.5. The van der Waals surface area contributed by atoms with Gasteiger partial charge < -0.3 is 15.5 Å². The number of amides is 2. The summed E-state index contributed by atoms with van der Waals surface area (Å²) in [7, 11) is 0. The lowest BCUT2D eigenvalue weighted by atomic mass is 9.88. The highest BCUT2D eigenvalue weighted by molar-refractivity contribution is 6.33. The third-order valence-corrected chi connectivity index (χ3v) is 7.78. The fraction of sp³-hybridized carbons (Fsp3) is 0.481. The van der Waals surface area contributed by atoms with Crippen molar-refractivity contribution in [1.29, 1.82) is 0 Å². The molecule has 2 aliphatic heterocycles. The molecule has 2 amide bonds. The number of carbonyl (C=O) groups is 2. The zero-order valence-electron chi connectivity index (χ0n) is 20.6. The lowest BCUT2D eigenvalue weighted by Gasteiger charge is -2.51. The molecule has 2 heterocycles. The Morgan fingerprint density at radius 2 is 1.86 bits per heavy atom. The Labute approximate surface area is 217 Å². The summed E-state index contributed by atoms with van der Waals surface area (Å²) in [6, 6.07) is 15.1. The molecule has 4 rings (SSSR count). The van der Waals surface area contributed by atoms with Gasteiger partial charge in [-0.3, -0.25) is 14.5 Å². The van der Waals surface area contributed by atoms with E-state index in [0.717, 1.165) is 24.2 Å². The Bertz CT molecular complexity index is 1060. The third-order valence-electron chi connectivity index (χ3n) is 7.21. The second-order valence-corrected chi connectivity index (χ2v) is 11.0. The molecular weight excluding hydrogens is 483 g/mol. The molecule has 188 valence electrons. The van der Waals surface area contributed by atoms with Gasteiger partial charge in [-0.2, -0.15) is 0 Å². The first-order valence-electron chi connectivity index (χ1n) is 12.3. The lowest BCUT2D eigenvalue weighted by Crippen LogP contribution is -2.67. The van der Waals surface area contributed by atoms with Crippen molar-refractivity contribution in [3.05, 3.63) is 64.1 Å². The van der Waals surface area contributed by atoms with Gasteiger partial charge in [-0.15, -0.1) is 0 Å². The molecule has 2 aromatic rings. The summed E-state index contributed by atoms with van der Waals surface area (Å²) in [4.78, 5) is 30.5. The summed E-state index contributed by atoms with van der Waals surface area (Å²) in [5.41, 5.74) is 1.53. The van der Waals surface area contributed by atoms with Crippen molar-refractivity contribution in [3.8, 4) is 0 Å². The van der Waals surface area contributed by atoms with Crippen LogP contribution in [0.5, 0.6) is 0 Å². The molecule has 8 heteroatoms. The van der Waals surface area contributed by atoms with E-state index in [0.29, 0.717) is 36.1 Å². The molecule has 0 aliphatic carbocycles. The molecule has 35 heavy (non-hydrogen) atoms. The highest BCUT2D eigenvalue weighted by Crippen LogP contribution is 2.34. The first-order valence-corrected chi connectivity index (χ1v) is 13.0. The van der Waals surface area contributed by atoms with Crippen LogP contribution in [-0.2, 0) is 9.59 Å².